The minimum Gasteiger partial charge on any atom is -0.323 e. The SMILES string of the molecule is CCCCCC(=O)NC(=S)Nc1sc2c(c1C#N)CC[C@H](C)C2. The molecule has 1 aliphatic carbocycles. The molecule has 0 unspecified atom stereocenters. The molecule has 2 N–H and O–H groups in total. The number of carbonyl (C=O) groups excluding carboxylic acids is 1. The average molecular weight is 350 g/mol. The molecule has 1 aromatic rings. The van der Waals surface area contributed by atoms with Crippen LogP contribution in [0.4, 0.5) is 5.00 Å². The minimum absolute atomic E-state index is 0.0654. The number of nitrogens with one attached hydrogen (secondary N) is 2. The van der Waals surface area contributed by atoms with Crippen LogP contribution >= 0.6 is 23.6 Å². The Kier molecular flexibility index (Phi) is 6.55. The zero-order valence-corrected chi connectivity index (χ0v) is 15.3. The predicted molar refractivity (Wildman–Crippen MR) is 98.7 cm³/mol. The van der Waals surface area contributed by atoms with Crippen molar-refractivity contribution in [1.29, 1.82) is 5.26 Å². The average Bonchev–Trinajstić information content (AvgIpc) is 2.83. The number of anilines is 1. The molecule has 0 spiro atoms. The molecule has 6 heteroatoms. The van der Waals surface area contributed by atoms with Crippen LogP contribution in [0.15, 0.2) is 0 Å². The normalized spacial score (nSPS) is 16.3. The lowest BCUT2D eigenvalue weighted by atomic mass is 9.89. The molecule has 124 valence electrons. The molecule has 0 aliphatic heterocycles. The Morgan fingerprint density at radius 2 is 2.26 bits per heavy atom. The van der Waals surface area contributed by atoms with E-state index in [1.807, 2.05) is 0 Å². The largest absolute Gasteiger partial charge is 0.323 e. The number of carbonyl (C=O) groups is 1. The molecule has 1 aromatic heterocycles. The van der Waals surface area contributed by atoms with Gasteiger partial charge in [-0.05, 0) is 49.4 Å². The Balaban J connectivity index is 1.99. The molecule has 0 saturated carbocycles. The second-order valence-corrected chi connectivity index (χ2v) is 7.64. The van der Waals surface area contributed by atoms with Crippen LogP contribution in [-0.2, 0) is 17.6 Å². The van der Waals surface area contributed by atoms with E-state index in [-0.39, 0.29) is 11.0 Å². The number of thiophene rings is 1. The van der Waals surface area contributed by atoms with E-state index < -0.39 is 0 Å². The zero-order chi connectivity index (χ0) is 16.8. The molecular formula is C17H23N3OS2. The molecular weight excluding hydrogens is 326 g/mol. The van der Waals surface area contributed by atoms with Gasteiger partial charge in [0.2, 0.25) is 5.91 Å². The van der Waals surface area contributed by atoms with E-state index in [0.717, 1.165) is 49.1 Å². The zero-order valence-electron chi connectivity index (χ0n) is 13.7. The molecule has 0 aromatic carbocycles. The fourth-order valence-corrected chi connectivity index (χ4v) is 4.46. The van der Waals surface area contributed by atoms with Crippen molar-refractivity contribution < 1.29 is 4.79 Å². The summed E-state index contributed by atoms with van der Waals surface area (Å²) in [5.74, 6) is 0.593. The van der Waals surface area contributed by atoms with E-state index in [2.05, 4.69) is 30.6 Å². The smallest absolute Gasteiger partial charge is 0.226 e. The molecule has 4 nitrogen and oxygen atoms in total. The topological polar surface area (TPSA) is 64.9 Å². The van der Waals surface area contributed by atoms with E-state index in [1.165, 1.54) is 4.88 Å². The molecule has 1 amide bonds. The second-order valence-electron chi connectivity index (χ2n) is 6.13. The number of nitrogens with zero attached hydrogens (tertiary/aromatic N) is 1. The summed E-state index contributed by atoms with van der Waals surface area (Å²) in [6, 6.07) is 2.29. The maximum atomic E-state index is 11.8. The van der Waals surface area contributed by atoms with Gasteiger partial charge >= 0.3 is 0 Å². The van der Waals surface area contributed by atoms with Crippen LogP contribution in [0.25, 0.3) is 0 Å². The van der Waals surface area contributed by atoms with Crippen molar-refractivity contribution in [3.63, 3.8) is 0 Å². The number of hydrogen-bond donors (Lipinski definition) is 2. The van der Waals surface area contributed by atoms with Gasteiger partial charge in [0.05, 0.1) is 5.56 Å². The third-order valence-corrected chi connectivity index (χ3v) is 5.48. The van der Waals surface area contributed by atoms with Gasteiger partial charge in [-0.3, -0.25) is 4.79 Å². The molecule has 0 fully saturated rings. The van der Waals surface area contributed by atoms with Crippen LogP contribution in [0.5, 0.6) is 0 Å². The Labute approximate surface area is 147 Å². The number of rotatable bonds is 5. The number of nitriles is 1. The third kappa shape index (κ3) is 4.76. The summed E-state index contributed by atoms with van der Waals surface area (Å²) in [6.07, 6.45) is 6.58. The van der Waals surface area contributed by atoms with Gasteiger partial charge in [-0.2, -0.15) is 5.26 Å². The molecule has 0 radical (unpaired) electrons. The highest BCUT2D eigenvalue weighted by Crippen LogP contribution is 2.39. The van der Waals surface area contributed by atoms with Crippen molar-refractivity contribution in [2.24, 2.45) is 5.92 Å². The van der Waals surface area contributed by atoms with Crippen molar-refractivity contribution in [1.82, 2.24) is 5.32 Å². The van der Waals surface area contributed by atoms with Gasteiger partial charge in [0.1, 0.15) is 11.1 Å². The van der Waals surface area contributed by atoms with E-state index in [9.17, 15) is 10.1 Å². The Morgan fingerprint density at radius 1 is 1.48 bits per heavy atom. The Bertz CT molecular complexity index is 631. The number of thiocarbonyl (C=S) groups is 1. The van der Waals surface area contributed by atoms with Gasteiger partial charge in [-0.15, -0.1) is 11.3 Å². The lowest BCUT2D eigenvalue weighted by Crippen LogP contribution is -2.33. The van der Waals surface area contributed by atoms with Crippen LogP contribution in [0.2, 0.25) is 0 Å². The molecule has 1 aliphatic rings. The molecule has 1 atom stereocenters. The van der Waals surface area contributed by atoms with E-state index in [1.54, 1.807) is 11.3 Å². The first kappa shape index (κ1) is 17.9. The van der Waals surface area contributed by atoms with E-state index in [0.29, 0.717) is 17.9 Å². The summed E-state index contributed by atoms with van der Waals surface area (Å²) in [5.41, 5.74) is 1.86. The number of amides is 1. The molecule has 0 saturated heterocycles. The highest BCUT2D eigenvalue weighted by atomic mass is 32.1. The van der Waals surface area contributed by atoms with Gasteiger partial charge in [-0.1, -0.05) is 26.7 Å². The lowest BCUT2D eigenvalue weighted by molar-refractivity contribution is -0.119. The molecule has 2 rings (SSSR count). The van der Waals surface area contributed by atoms with Gasteiger partial charge in [0.25, 0.3) is 0 Å². The highest BCUT2D eigenvalue weighted by molar-refractivity contribution is 7.80. The first-order valence-corrected chi connectivity index (χ1v) is 9.43. The maximum absolute atomic E-state index is 11.8. The van der Waals surface area contributed by atoms with Crippen molar-refractivity contribution in [2.75, 3.05) is 5.32 Å². The second kappa shape index (κ2) is 8.42. The summed E-state index contributed by atoms with van der Waals surface area (Å²) in [6.45, 7) is 4.34. The maximum Gasteiger partial charge on any atom is 0.226 e. The summed E-state index contributed by atoms with van der Waals surface area (Å²) in [7, 11) is 0. The number of fused-ring (bicyclic) bond motifs is 1. The fourth-order valence-electron chi connectivity index (χ4n) is 2.82. The quantitative estimate of drug-likeness (QED) is 0.619. The van der Waals surface area contributed by atoms with Gasteiger partial charge in [-0.25, -0.2) is 0 Å². The summed E-state index contributed by atoms with van der Waals surface area (Å²) < 4.78 is 0. The monoisotopic (exact) mass is 349 g/mol. The number of unbranched alkanes of at least 4 members (excludes halogenated alkanes) is 2. The van der Waals surface area contributed by atoms with E-state index in [4.69, 9.17) is 12.2 Å². The third-order valence-electron chi connectivity index (χ3n) is 4.11. The van der Waals surface area contributed by atoms with Crippen LogP contribution in [0.3, 0.4) is 0 Å². The first-order chi connectivity index (χ1) is 11.0. The van der Waals surface area contributed by atoms with Gasteiger partial charge < -0.3 is 10.6 Å². The van der Waals surface area contributed by atoms with Crippen LogP contribution in [0, 0.1) is 17.2 Å². The molecule has 1 heterocycles. The van der Waals surface area contributed by atoms with Crippen LogP contribution < -0.4 is 10.6 Å². The summed E-state index contributed by atoms with van der Waals surface area (Å²) >= 11 is 6.81. The number of hydrogen-bond acceptors (Lipinski definition) is 4. The predicted octanol–water partition coefficient (Wildman–Crippen LogP) is 4.14. The van der Waals surface area contributed by atoms with E-state index >= 15 is 0 Å². The van der Waals surface area contributed by atoms with Crippen molar-refractivity contribution in [3.8, 4) is 6.07 Å². The standard InChI is InChI=1S/C17H23N3OS2/c1-3-4-5-6-15(21)19-17(22)20-16-13(10-18)12-8-7-11(2)9-14(12)23-16/h11H,3-9H2,1-2H3,(H2,19,20,21,22)/t11-/m0/s1. The van der Waals surface area contributed by atoms with Crippen LogP contribution in [-0.4, -0.2) is 11.0 Å². The first-order valence-electron chi connectivity index (χ1n) is 8.20. The molecule has 0 bridgehead atoms. The summed E-state index contributed by atoms with van der Waals surface area (Å²) in [5, 5.41) is 16.3. The van der Waals surface area contributed by atoms with Crippen LogP contribution in [0.1, 0.15) is 62.0 Å². The van der Waals surface area contributed by atoms with Gasteiger partial charge in [0, 0.05) is 11.3 Å². The van der Waals surface area contributed by atoms with Crippen molar-refractivity contribution in [2.45, 2.75) is 58.8 Å². The van der Waals surface area contributed by atoms with Crippen molar-refractivity contribution >= 4 is 39.6 Å². The van der Waals surface area contributed by atoms with Crippen molar-refractivity contribution in [3.05, 3.63) is 16.0 Å². The summed E-state index contributed by atoms with van der Waals surface area (Å²) in [4.78, 5) is 13.1. The Hall–Kier alpha value is -1.45. The lowest BCUT2D eigenvalue weighted by Gasteiger charge is -2.17. The Morgan fingerprint density at radius 3 is 2.96 bits per heavy atom. The van der Waals surface area contributed by atoms with Gasteiger partial charge in [0.15, 0.2) is 5.11 Å². The fraction of sp³-hybridized carbons (Fsp3) is 0.588. The molecule has 23 heavy (non-hydrogen) atoms. The highest BCUT2D eigenvalue weighted by Gasteiger charge is 2.24. The minimum atomic E-state index is -0.0654.